The normalized spacial score (nSPS) is 12.9. The average molecular weight is 243 g/mol. The number of hydrogen-bond acceptors (Lipinski definition) is 4. The molecule has 5 heteroatoms. The quantitative estimate of drug-likeness (QED) is 0.878. The first-order valence-corrected chi connectivity index (χ1v) is 5.70. The molecular formula is C11H19ClN4. The number of nitrogens with one attached hydrogen (secondary N) is 1. The van der Waals surface area contributed by atoms with Gasteiger partial charge in [0.25, 0.3) is 0 Å². The maximum Gasteiger partial charge on any atom is 0.155 e. The fraction of sp³-hybridized carbons (Fsp3) is 0.636. The van der Waals surface area contributed by atoms with Crippen LogP contribution in [0.4, 0.5) is 5.82 Å². The first-order chi connectivity index (χ1) is 7.41. The highest BCUT2D eigenvalue weighted by molar-refractivity contribution is 6.30. The van der Waals surface area contributed by atoms with Crippen molar-refractivity contribution in [3.8, 4) is 0 Å². The van der Waals surface area contributed by atoms with Crippen LogP contribution in [0.25, 0.3) is 0 Å². The minimum Gasteiger partial charge on any atom is -0.365 e. The number of nitrogens with zero attached hydrogens (tertiary/aromatic N) is 3. The number of aromatic nitrogens is 2. The molecule has 0 fully saturated rings. The van der Waals surface area contributed by atoms with Crippen molar-refractivity contribution in [1.29, 1.82) is 0 Å². The van der Waals surface area contributed by atoms with E-state index in [9.17, 15) is 0 Å². The topological polar surface area (TPSA) is 41.1 Å². The molecule has 1 aromatic heterocycles. The zero-order chi connectivity index (χ0) is 12.3. The number of anilines is 1. The molecule has 0 aromatic carbocycles. The molecule has 1 rings (SSSR count). The minimum absolute atomic E-state index is 0.323. The van der Waals surface area contributed by atoms with E-state index in [1.807, 2.05) is 27.9 Å². The molecule has 0 bridgehead atoms. The molecule has 1 unspecified atom stereocenters. The lowest BCUT2D eigenvalue weighted by Gasteiger charge is -2.20. The smallest absolute Gasteiger partial charge is 0.155 e. The van der Waals surface area contributed by atoms with Crippen LogP contribution in [0.3, 0.4) is 0 Å². The SMILES string of the molecule is Cc1c(Cl)nnc(NC(C)CN(C)C)c1C. The first kappa shape index (κ1) is 13.2. The van der Waals surface area contributed by atoms with Gasteiger partial charge in [-0.15, -0.1) is 10.2 Å². The molecule has 0 saturated carbocycles. The standard InChI is InChI=1S/C11H19ClN4/c1-7(6-16(4)5)13-11-9(3)8(2)10(12)14-15-11/h7H,6H2,1-5H3,(H,13,15). The molecule has 0 aliphatic rings. The molecule has 1 atom stereocenters. The largest absolute Gasteiger partial charge is 0.365 e. The molecule has 0 saturated heterocycles. The maximum absolute atomic E-state index is 5.90. The Morgan fingerprint density at radius 1 is 1.25 bits per heavy atom. The summed E-state index contributed by atoms with van der Waals surface area (Å²) in [5.41, 5.74) is 2.04. The Hall–Kier alpha value is -0.870. The van der Waals surface area contributed by atoms with Crippen LogP contribution >= 0.6 is 11.6 Å². The van der Waals surface area contributed by atoms with Gasteiger partial charge in [0.15, 0.2) is 11.0 Å². The van der Waals surface area contributed by atoms with Crippen molar-refractivity contribution in [2.24, 2.45) is 0 Å². The molecule has 1 aromatic rings. The minimum atomic E-state index is 0.323. The summed E-state index contributed by atoms with van der Waals surface area (Å²) in [5.74, 6) is 0.816. The molecule has 0 spiro atoms. The van der Waals surface area contributed by atoms with E-state index in [-0.39, 0.29) is 0 Å². The van der Waals surface area contributed by atoms with Crippen molar-refractivity contribution < 1.29 is 0 Å². The molecule has 0 amide bonds. The summed E-state index contributed by atoms with van der Waals surface area (Å²) in [4.78, 5) is 2.13. The van der Waals surface area contributed by atoms with Crippen LogP contribution in [-0.2, 0) is 0 Å². The van der Waals surface area contributed by atoms with E-state index in [1.165, 1.54) is 0 Å². The predicted octanol–water partition coefficient (Wildman–Crippen LogP) is 2.11. The van der Waals surface area contributed by atoms with Crippen molar-refractivity contribution in [3.63, 3.8) is 0 Å². The predicted molar refractivity (Wildman–Crippen MR) is 68.2 cm³/mol. The molecule has 90 valence electrons. The van der Waals surface area contributed by atoms with Crippen LogP contribution in [0.15, 0.2) is 0 Å². The van der Waals surface area contributed by atoms with Crippen molar-refractivity contribution in [2.75, 3.05) is 26.0 Å². The molecular weight excluding hydrogens is 224 g/mol. The first-order valence-electron chi connectivity index (χ1n) is 5.32. The van der Waals surface area contributed by atoms with Gasteiger partial charge >= 0.3 is 0 Å². The molecule has 0 radical (unpaired) electrons. The highest BCUT2D eigenvalue weighted by atomic mass is 35.5. The molecule has 1 heterocycles. The molecule has 16 heavy (non-hydrogen) atoms. The van der Waals surface area contributed by atoms with Crippen LogP contribution in [-0.4, -0.2) is 41.8 Å². The van der Waals surface area contributed by atoms with Gasteiger partial charge in [-0.3, -0.25) is 0 Å². The Labute approximate surface area is 102 Å². The van der Waals surface area contributed by atoms with Crippen LogP contribution < -0.4 is 5.32 Å². The van der Waals surface area contributed by atoms with Crippen LogP contribution in [0.1, 0.15) is 18.1 Å². The summed E-state index contributed by atoms with van der Waals surface area (Å²) in [6, 6.07) is 0.323. The Kier molecular flexibility index (Phi) is 4.50. The molecule has 4 nitrogen and oxygen atoms in total. The third kappa shape index (κ3) is 3.32. The van der Waals surface area contributed by atoms with Crippen LogP contribution in [0.2, 0.25) is 5.15 Å². The van der Waals surface area contributed by atoms with E-state index in [2.05, 4.69) is 27.3 Å². The molecule has 0 aliphatic heterocycles. The van der Waals surface area contributed by atoms with Gasteiger partial charge in [0.05, 0.1) is 0 Å². The zero-order valence-corrected chi connectivity index (χ0v) is 11.3. The summed E-state index contributed by atoms with van der Waals surface area (Å²) in [5, 5.41) is 11.8. The van der Waals surface area contributed by atoms with Gasteiger partial charge in [-0.25, -0.2) is 0 Å². The summed E-state index contributed by atoms with van der Waals surface area (Å²) < 4.78 is 0. The second-order valence-electron chi connectivity index (χ2n) is 4.40. The van der Waals surface area contributed by atoms with E-state index >= 15 is 0 Å². The third-order valence-electron chi connectivity index (χ3n) is 2.49. The lowest BCUT2D eigenvalue weighted by molar-refractivity contribution is 0.391. The molecule has 0 aliphatic carbocycles. The summed E-state index contributed by atoms with van der Waals surface area (Å²) in [7, 11) is 4.09. The Morgan fingerprint density at radius 2 is 1.88 bits per heavy atom. The fourth-order valence-electron chi connectivity index (χ4n) is 1.54. The monoisotopic (exact) mass is 242 g/mol. The number of halogens is 1. The van der Waals surface area contributed by atoms with Gasteiger partial charge in [-0.1, -0.05) is 11.6 Å². The number of hydrogen-bond donors (Lipinski definition) is 1. The highest BCUT2D eigenvalue weighted by Crippen LogP contribution is 2.20. The lowest BCUT2D eigenvalue weighted by Crippen LogP contribution is -2.30. The third-order valence-corrected chi connectivity index (χ3v) is 2.85. The Balaban J connectivity index is 2.78. The van der Waals surface area contributed by atoms with Gasteiger partial charge < -0.3 is 10.2 Å². The van der Waals surface area contributed by atoms with Crippen LogP contribution in [0.5, 0.6) is 0 Å². The van der Waals surface area contributed by atoms with Crippen molar-refractivity contribution >= 4 is 17.4 Å². The van der Waals surface area contributed by atoms with Crippen molar-refractivity contribution in [3.05, 3.63) is 16.3 Å². The highest BCUT2D eigenvalue weighted by Gasteiger charge is 2.10. The second kappa shape index (κ2) is 5.46. The van der Waals surface area contributed by atoms with Gasteiger partial charge in [0.1, 0.15) is 0 Å². The number of rotatable bonds is 4. The Bertz CT molecular complexity index is 365. The summed E-state index contributed by atoms with van der Waals surface area (Å²) in [6.45, 7) is 7.02. The van der Waals surface area contributed by atoms with E-state index in [1.54, 1.807) is 0 Å². The van der Waals surface area contributed by atoms with Crippen molar-refractivity contribution in [2.45, 2.75) is 26.8 Å². The van der Waals surface area contributed by atoms with Crippen molar-refractivity contribution in [1.82, 2.24) is 15.1 Å². The summed E-state index contributed by atoms with van der Waals surface area (Å²) in [6.07, 6.45) is 0. The lowest BCUT2D eigenvalue weighted by atomic mass is 10.2. The van der Waals surface area contributed by atoms with Gasteiger partial charge in [-0.05, 0) is 46.0 Å². The van der Waals surface area contributed by atoms with Gasteiger partial charge in [0, 0.05) is 12.6 Å². The van der Waals surface area contributed by atoms with E-state index < -0.39 is 0 Å². The average Bonchev–Trinajstić information content (AvgIpc) is 2.18. The van der Waals surface area contributed by atoms with Gasteiger partial charge in [-0.2, -0.15) is 0 Å². The fourth-order valence-corrected chi connectivity index (χ4v) is 1.72. The van der Waals surface area contributed by atoms with E-state index in [4.69, 9.17) is 11.6 Å². The summed E-state index contributed by atoms with van der Waals surface area (Å²) >= 11 is 5.90. The molecule has 1 N–H and O–H groups in total. The Morgan fingerprint density at radius 3 is 2.44 bits per heavy atom. The van der Waals surface area contributed by atoms with Gasteiger partial charge in [0.2, 0.25) is 0 Å². The zero-order valence-electron chi connectivity index (χ0n) is 10.5. The maximum atomic E-state index is 5.90. The van der Waals surface area contributed by atoms with Crippen LogP contribution in [0, 0.1) is 13.8 Å². The second-order valence-corrected chi connectivity index (χ2v) is 4.76. The van der Waals surface area contributed by atoms with E-state index in [0.717, 1.165) is 23.5 Å². The van der Waals surface area contributed by atoms with E-state index in [0.29, 0.717) is 11.2 Å². The number of likely N-dealkylation sites (N-methyl/N-ethyl adjacent to an activating group) is 1.